The number of anilines is 1. The summed E-state index contributed by atoms with van der Waals surface area (Å²) in [5.41, 5.74) is 3.57. The lowest BCUT2D eigenvalue weighted by molar-refractivity contribution is 0.0520. The van der Waals surface area contributed by atoms with Crippen LogP contribution in [0.5, 0.6) is 0 Å². The van der Waals surface area contributed by atoms with Crippen LogP contribution in [-0.4, -0.2) is 31.7 Å². The summed E-state index contributed by atoms with van der Waals surface area (Å²) in [6.07, 6.45) is 0. The number of benzene rings is 1. The van der Waals surface area contributed by atoms with E-state index in [9.17, 15) is 4.79 Å². The lowest BCUT2D eigenvalue weighted by Gasteiger charge is -2.12. The molecule has 0 aliphatic heterocycles. The number of nitrogens with zero attached hydrogens (tertiary/aromatic N) is 1. The molecule has 19 heavy (non-hydrogen) atoms. The third-order valence-electron chi connectivity index (χ3n) is 2.88. The minimum absolute atomic E-state index is 0.321. The van der Waals surface area contributed by atoms with Crippen molar-refractivity contribution in [2.75, 3.05) is 25.6 Å². The van der Waals surface area contributed by atoms with Gasteiger partial charge in [0.05, 0.1) is 6.61 Å². The monoisotopic (exact) mass is 258 g/mol. The lowest BCUT2D eigenvalue weighted by Crippen LogP contribution is -2.07. The second kappa shape index (κ2) is 5.61. The molecule has 0 fully saturated rings. The molecule has 0 aliphatic carbocycles. The zero-order valence-corrected chi connectivity index (χ0v) is 11.4. The van der Waals surface area contributed by atoms with E-state index >= 15 is 0 Å². The largest absolute Gasteiger partial charge is 0.461 e. The van der Waals surface area contributed by atoms with Gasteiger partial charge in [-0.15, -0.1) is 0 Å². The van der Waals surface area contributed by atoms with Crippen LogP contribution in [0.25, 0.3) is 11.3 Å². The van der Waals surface area contributed by atoms with Crippen molar-refractivity contribution in [1.29, 1.82) is 0 Å². The van der Waals surface area contributed by atoms with Crippen LogP contribution in [0.1, 0.15) is 17.4 Å². The number of hydrogen-bond donors (Lipinski definition) is 1. The molecule has 0 bridgehead atoms. The van der Waals surface area contributed by atoms with E-state index in [1.165, 1.54) is 0 Å². The molecule has 0 saturated carbocycles. The van der Waals surface area contributed by atoms with E-state index in [0.717, 1.165) is 16.9 Å². The number of esters is 1. The number of aromatic amines is 1. The van der Waals surface area contributed by atoms with Gasteiger partial charge in [-0.2, -0.15) is 0 Å². The summed E-state index contributed by atoms with van der Waals surface area (Å²) < 4.78 is 4.95. The molecule has 1 aromatic heterocycles. The molecule has 2 rings (SSSR count). The predicted octanol–water partition coefficient (Wildman–Crippen LogP) is 2.92. The summed E-state index contributed by atoms with van der Waals surface area (Å²) in [5, 5.41) is 0. The van der Waals surface area contributed by atoms with Crippen LogP contribution in [0, 0.1) is 0 Å². The first-order chi connectivity index (χ1) is 9.11. The Morgan fingerprint density at radius 1 is 1.16 bits per heavy atom. The smallest absolute Gasteiger partial charge is 0.354 e. The maximum atomic E-state index is 11.6. The van der Waals surface area contributed by atoms with Crippen molar-refractivity contribution in [2.45, 2.75) is 6.92 Å². The molecule has 0 radical (unpaired) electrons. The molecule has 0 unspecified atom stereocenters. The van der Waals surface area contributed by atoms with Crippen LogP contribution in [0.15, 0.2) is 36.4 Å². The number of carbonyl (C=O) groups is 1. The molecular formula is C15H18N2O2. The molecule has 0 saturated heterocycles. The van der Waals surface area contributed by atoms with Crippen molar-refractivity contribution in [3.8, 4) is 11.3 Å². The van der Waals surface area contributed by atoms with Crippen LogP contribution >= 0.6 is 0 Å². The molecule has 0 spiro atoms. The molecular weight excluding hydrogens is 240 g/mol. The van der Waals surface area contributed by atoms with E-state index in [-0.39, 0.29) is 5.97 Å². The van der Waals surface area contributed by atoms with Crippen LogP contribution in [0.4, 0.5) is 5.69 Å². The zero-order chi connectivity index (χ0) is 13.8. The third kappa shape index (κ3) is 2.96. The molecule has 0 atom stereocenters. The van der Waals surface area contributed by atoms with E-state index in [2.05, 4.69) is 4.98 Å². The summed E-state index contributed by atoms with van der Waals surface area (Å²) in [7, 11) is 4.00. The maximum Gasteiger partial charge on any atom is 0.354 e. The van der Waals surface area contributed by atoms with Gasteiger partial charge in [0.2, 0.25) is 0 Å². The minimum Gasteiger partial charge on any atom is -0.461 e. The fraction of sp³-hybridized carbons (Fsp3) is 0.267. The Labute approximate surface area is 113 Å². The Morgan fingerprint density at radius 3 is 2.42 bits per heavy atom. The van der Waals surface area contributed by atoms with Gasteiger partial charge in [-0.05, 0) is 36.8 Å². The fourth-order valence-electron chi connectivity index (χ4n) is 1.83. The van der Waals surface area contributed by atoms with Crippen LogP contribution in [0.2, 0.25) is 0 Å². The molecule has 1 heterocycles. The summed E-state index contributed by atoms with van der Waals surface area (Å²) in [5.74, 6) is -0.321. The highest BCUT2D eigenvalue weighted by atomic mass is 16.5. The van der Waals surface area contributed by atoms with Gasteiger partial charge in [0.25, 0.3) is 0 Å². The molecule has 4 nitrogen and oxygen atoms in total. The number of H-pyrrole nitrogens is 1. The van der Waals surface area contributed by atoms with Crippen molar-refractivity contribution in [1.82, 2.24) is 4.98 Å². The highest BCUT2D eigenvalue weighted by molar-refractivity contribution is 5.88. The Bertz CT molecular complexity index is 556. The molecule has 2 aromatic rings. The van der Waals surface area contributed by atoms with E-state index in [1.54, 1.807) is 13.0 Å². The fourth-order valence-corrected chi connectivity index (χ4v) is 1.83. The number of ether oxygens (including phenoxy) is 1. The topological polar surface area (TPSA) is 45.3 Å². The molecule has 0 amide bonds. The Hall–Kier alpha value is -2.23. The lowest BCUT2D eigenvalue weighted by atomic mass is 10.1. The van der Waals surface area contributed by atoms with E-state index in [0.29, 0.717) is 12.3 Å². The SMILES string of the molecule is CCOC(=O)c1ccc(-c2ccc(N(C)C)cc2)[nH]1. The van der Waals surface area contributed by atoms with Gasteiger partial charge in [-0.25, -0.2) is 4.79 Å². The molecule has 1 aromatic carbocycles. The number of carbonyl (C=O) groups excluding carboxylic acids is 1. The summed E-state index contributed by atoms with van der Waals surface area (Å²) in [6.45, 7) is 2.17. The van der Waals surface area contributed by atoms with Crippen LogP contribution in [-0.2, 0) is 4.74 Å². The molecule has 100 valence electrons. The highest BCUT2D eigenvalue weighted by Crippen LogP contribution is 2.22. The normalized spacial score (nSPS) is 10.3. The van der Waals surface area contributed by atoms with Crippen molar-refractivity contribution in [2.24, 2.45) is 0 Å². The van der Waals surface area contributed by atoms with Gasteiger partial charge in [-0.3, -0.25) is 0 Å². The van der Waals surface area contributed by atoms with E-state index in [4.69, 9.17) is 4.74 Å². The number of rotatable bonds is 4. The first-order valence-electron chi connectivity index (χ1n) is 6.25. The van der Waals surface area contributed by atoms with Gasteiger partial charge in [0.1, 0.15) is 5.69 Å². The summed E-state index contributed by atoms with van der Waals surface area (Å²) in [4.78, 5) is 16.7. The third-order valence-corrected chi connectivity index (χ3v) is 2.88. The average Bonchev–Trinajstić information content (AvgIpc) is 2.89. The highest BCUT2D eigenvalue weighted by Gasteiger charge is 2.09. The second-order valence-corrected chi connectivity index (χ2v) is 4.45. The molecule has 4 heteroatoms. The van der Waals surface area contributed by atoms with Crippen LogP contribution < -0.4 is 4.90 Å². The summed E-state index contributed by atoms with van der Waals surface area (Å²) in [6, 6.07) is 11.8. The Morgan fingerprint density at radius 2 is 1.84 bits per heavy atom. The number of hydrogen-bond acceptors (Lipinski definition) is 3. The Balaban J connectivity index is 2.20. The maximum absolute atomic E-state index is 11.6. The standard InChI is InChI=1S/C15H18N2O2/c1-4-19-15(18)14-10-9-13(16-14)11-5-7-12(8-6-11)17(2)3/h5-10,16H,4H2,1-3H3. The predicted molar refractivity (Wildman–Crippen MR) is 76.5 cm³/mol. The van der Waals surface area contributed by atoms with Gasteiger partial charge < -0.3 is 14.6 Å². The average molecular weight is 258 g/mol. The Kier molecular flexibility index (Phi) is 3.90. The van der Waals surface area contributed by atoms with Gasteiger partial charge in [0.15, 0.2) is 0 Å². The van der Waals surface area contributed by atoms with Gasteiger partial charge in [-0.1, -0.05) is 12.1 Å². The first-order valence-corrected chi connectivity index (χ1v) is 6.25. The van der Waals surface area contributed by atoms with E-state index in [1.807, 2.05) is 49.3 Å². The number of aromatic nitrogens is 1. The summed E-state index contributed by atoms with van der Waals surface area (Å²) >= 11 is 0. The number of nitrogens with one attached hydrogen (secondary N) is 1. The molecule has 1 N–H and O–H groups in total. The van der Waals surface area contributed by atoms with Crippen molar-refractivity contribution < 1.29 is 9.53 Å². The second-order valence-electron chi connectivity index (χ2n) is 4.45. The van der Waals surface area contributed by atoms with Crippen molar-refractivity contribution in [3.05, 3.63) is 42.1 Å². The van der Waals surface area contributed by atoms with Gasteiger partial charge >= 0.3 is 5.97 Å². The molecule has 0 aliphatic rings. The van der Waals surface area contributed by atoms with Gasteiger partial charge in [0, 0.05) is 25.5 Å². The first kappa shape index (κ1) is 13.2. The zero-order valence-electron chi connectivity index (χ0n) is 11.4. The quantitative estimate of drug-likeness (QED) is 0.858. The minimum atomic E-state index is -0.321. The van der Waals surface area contributed by atoms with Crippen molar-refractivity contribution in [3.63, 3.8) is 0 Å². The van der Waals surface area contributed by atoms with E-state index < -0.39 is 0 Å². The van der Waals surface area contributed by atoms with Crippen molar-refractivity contribution >= 4 is 11.7 Å². The van der Waals surface area contributed by atoms with Crippen LogP contribution in [0.3, 0.4) is 0 Å².